The number of alkyl halides is 3. The highest BCUT2D eigenvalue weighted by Crippen LogP contribution is 2.33. The molecule has 0 saturated heterocycles. The molecule has 2 rings (SSSR count). The van der Waals surface area contributed by atoms with Gasteiger partial charge in [0.1, 0.15) is 12.6 Å². The average Bonchev–Trinajstić information content (AvgIpc) is 2.95. The molecular weight excluding hydrogens is 434 g/mol. The SMILES string of the molecule is C[Si](C)(C)CCOCn1cc(Cc2c(Cl)cncc2Cl)nc1C(O)C(F)(F)F. The van der Waals surface area contributed by atoms with E-state index >= 15 is 0 Å². The molecule has 0 spiro atoms. The molecule has 0 aliphatic heterocycles. The number of hydrogen-bond donors (Lipinski definition) is 1. The minimum absolute atomic E-state index is 0.0969. The Hall–Kier alpha value is -1.13. The summed E-state index contributed by atoms with van der Waals surface area (Å²) < 4.78 is 45.8. The van der Waals surface area contributed by atoms with Crippen LogP contribution in [0.5, 0.6) is 0 Å². The second kappa shape index (κ2) is 9.13. The molecule has 0 amide bonds. The molecule has 156 valence electrons. The summed E-state index contributed by atoms with van der Waals surface area (Å²) in [5.41, 5.74) is 0.776. The lowest BCUT2D eigenvalue weighted by atomic mass is 10.1. The van der Waals surface area contributed by atoms with Crippen molar-refractivity contribution in [1.29, 1.82) is 0 Å². The molecule has 2 aromatic heterocycles. The van der Waals surface area contributed by atoms with Gasteiger partial charge in [0.15, 0.2) is 0 Å². The van der Waals surface area contributed by atoms with Crippen LogP contribution in [0.2, 0.25) is 35.7 Å². The number of imidazole rings is 1. The van der Waals surface area contributed by atoms with Crippen LogP contribution in [0.1, 0.15) is 23.2 Å². The number of aliphatic hydroxyl groups is 1. The third-order valence-electron chi connectivity index (χ3n) is 3.95. The molecule has 2 heterocycles. The van der Waals surface area contributed by atoms with E-state index in [-0.39, 0.29) is 28.9 Å². The van der Waals surface area contributed by atoms with Gasteiger partial charge in [-0.1, -0.05) is 42.8 Å². The largest absolute Gasteiger partial charge is 0.421 e. The first-order chi connectivity index (χ1) is 12.9. The quantitative estimate of drug-likeness (QED) is 0.445. The minimum Gasteiger partial charge on any atom is -0.377 e. The molecule has 0 saturated carbocycles. The van der Waals surface area contributed by atoms with Gasteiger partial charge in [-0.15, -0.1) is 0 Å². The number of aliphatic hydroxyl groups excluding tert-OH is 1. The Morgan fingerprint density at radius 2 is 1.82 bits per heavy atom. The third-order valence-corrected chi connectivity index (χ3v) is 6.30. The van der Waals surface area contributed by atoms with E-state index in [1.807, 2.05) is 0 Å². The Morgan fingerprint density at radius 1 is 1.21 bits per heavy atom. The summed E-state index contributed by atoms with van der Waals surface area (Å²) in [6.45, 7) is 6.80. The molecule has 11 heteroatoms. The number of ether oxygens (including phenoxy) is 1. The Bertz CT molecular complexity index is 790. The van der Waals surface area contributed by atoms with Crippen molar-refractivity contribution in [3.8, 4) is 0 Å². The van der Waals surface area contributed by atoms with Gasteiger partial charge in [0.2, 0.25) is 6.10 Å². The minimum atomic E-state index is -4.84. The van der Waals surface area contributed by atoms with E-state index in [0.717, 1.165) is 6.04 Å². The number of nitrogens with zero attached hydrogens (tertiary/aromatic N) is 3. The third kappa shape index (κ3) is 6.45. The number of aromatic nitrogens is 3. The molecule has 1 atom stereocenters. The van der Waals surface area contributed by atoms with E-state index in [9.17, 15) is 18.3 Å². The van der Waals surface area contributed by atoms with Crippen molar-refractivity contribution in [3.63, 3.8) is 0 Å². The summed E-state index contributed by atoms with van der Waals surface area (Å²) in [4.78, 5) is 7.81. The standard InChI is InChI=1S/C17H22Cl2F3N3O2Si/c1-28(2,3)5-4-27-10-25-9-11(24-16(25)15(26)17(20,21)22)6-12-13(18)7-23-8-14(12)19/h7-9,15,26H,4-6,10H2,1-3H3. The first kappa shape index (κ1) is 23.1. The molecular formula is C17H22Cl2F3N3O2Si. The smallest absolute Gasteiger partial charge is 0.377 e. The highest BCUT2D eigenvalue weighted by Gasteiger charge is 2.42. The van der Waals surface area contributed by atoms with E-state index in [1.165, 1.54) is 23.2 Å². The van der Waals surface area contributed by atoms with Crippen LogP contribution >= 0.6 is 23.2 Å². The fourth-order valence-electron chi connectivity index (χ4n) is 2.37. The normalized spacial score (nSPS) is 13.8. The molecule has 0 aliphatic rings. The number of pyridine rings is 1. The summed E-state index contributed by atoms with van der Waals surface area (Å²) in [7, 11) is -1.33. The Morgan fingerprint density at radius 3 is 2.36 bits per heavy atom. The van der Waals surface area contributed by atoms with Gasteiger partial charge in [-0.3, -0.25) is 4.98 Å². The van der Waals surface area contributed by atoms with Gasteiger partial charge in [0.25, 0.3) is 0 Å². The van der Waals surface area contributed by atoms with E-state index < -0.39 is 26.2 Å². The first-order valence-electron chi connectivity index (χ1n) is 8.55. The molecule has 1 unspecified atom stereocenters. The number of rotatable bonds is 8. The molecule has 0 bridgehead atoms. The van der Waals surface area contributed by atoms with Gasteiger partial charge >= 0.3 is 6.18 Å². The zero-order chi connectivity index (χ0) is 21.1. The van der Waals surface area contributed by atoms with E-state index in [2.05, 4.69) is 29.6 Å². The Labute approximate surface area is 172 Å². The van der Waals surface area contributed by atoms with Crippen molar-refractivity contribution in [2.75, 3.05) is 6.61 Å². The highest BCUT2D eigenvalue weighted by atomic mass is 35.5. The zero-order valence-corrected chi connectivity index (χ0v) is 18.2. The predicted molar refractivity (Wildman–Crippen MR) is 104 cm³/mol. The lowest BCUT2D eigenvalue weighted by Crippen LogP contribution is -2.25. The van der Waals surface area contributed by atoms with Crippen molar-refractivity contribution < 1.29 is 23.0 Å². The van der Waals surface area contributed by atoms with Crippen LogP contribution < -0.4 is 0 Å². The van der Waals surface area contributed by atoms with Gasteiger partial charge in [-0.2, -0.15) is 13.2 Å². The van der Waals surface area contributed by atoms with Crippen LogP contribution in [0.4, 0.5) is 13.2 Å². The maximum Gasteiger partial charge on any atom is 0.421 e. The second-order valence-corrected chi connectivity index (χ2v) is 14.0. The molecule has 0 radical (unpaired) electrons. The number of halogens is 5. The van der Waals surface area contributed by atoms with Crippen molar-refractivity contribution >= 4 is 31.3 Å². The zero-order valence-electron chi connectivity index (χ0n) is 15.7. The van der Waals surface area contributed by atoms with Crippen LogP contribution in [0, 0.1) is 0 Å². The van der Waals surface area contributed by atoms with E-state index in [0.29, 0.717) is 12.2 Å². The fourth-order valence-corrected chi connectivity index (χ4v) is 3.62. The average molecular weight is 456 g/mol. The van der Waals surface area contributed by atoms with Gasteiger partial charge < -0.3 is 14.4 Å². The first-order valence-corrected chi connectivity index (χ1v) is 13.0. The second-order valence-electron chi connectivity index (χ2n) is 7.61. The van der Waals surface area contributed by atoms with Crippen molar-refractivity contribution in [2.45, 2.75) is 51.1 Å². The maximum atomic E-state index is 13.0. The van der Waals surface area contributed by atoms with Crippen molar-refractivity contribution in [3.05, 3.63) is 45.7 Å². The van der Waals surface area contributed by atoms with Crippen LogP contribution in [0.15, 0.2) is 18.6 Å². The molecule has 5 nitrogen and oxygen atoms in total. The highest BCUT2D eigenvalue weighted by molar-refractivity contribution is 6.76. The lowest BCUT2D eigenvalue weighted by molar-refractivity contribution is -0.210. The van der Waals surface area contributed by atoms with Crippen molar-refractivity contribution in [1.82, 2.24) is 14.5 Å². The van der Waals surface area contributed by atoms with Crippen molar-refractivity contribution in [2.24, 2.45) is 0 Å². The fraction of sp³-hybridized carbons (Fsp3) is 0.529. The van der Waals surface area contributed by atoms with Crippen LogP contribution in [0.25, 0.3) is 0 Å². The molecule has 0 aliphatic carbocycles. The van der Waals surface area contributed by atoms with Crippen LogP contribution in [0.3, 0.4) is 0 Å². The summed E-state index contributed by atoms with van der Waals surface area (Å²) in [5, 5.41) is 10.3. The molecule has 28 heavy (non-hydrogen) atoms. The summed E-state index contributed by atoms with van der Waals surface area (Å²) >= 11 is 12.1. The lowest BCUT2D eigenvalue weighted by Gasteiger charge is -2.18. The predicted octanol–water partition coefficient (Wildman–Crippen LogP) is 5.08. The van der Waals surface area contributed by atoms with Crippen LogP contribution in [-0.2, 0) is 17.9 Å². The summed E-state index contributed by atoms with van der Waals surface area (Å²) in [6.07, 6.45) is -3.27. The van der Waals surface area contributed by atoms with Gasteiger partial charge in [0, 0.05) is 39.7 Å². The molecule has 0 fully saturated rings. The summed E-state index contributed by atoms with van der Waals surface area (Å²) in [5.74, 6) is -0.531. The number of hydrogen-bond acceptors (Lipinski definition) is 4. The molecule has 2 aromatic rings. The Balaban J connectivity index is 2.24. The van der Waals surface area contributed by atoms with Gasteiger partial charge in [0.05, 0.1) is 15.7 Å². The topological polar surface area (TPSA) is 60.2 Å². The Kier molecular flexibility index (Phi) is 7.54. The maximum absolute atomic E-state index is 13.0. The van der Waals surface area contributed by atoms with E-state index in [4.69, 9.17) is 27.9 Å². The summed E-state index contributed by atoms with van der Waals surface area (Å²) in [6, 6.07) is 0.869. The molecule has 0 aromatic carbocycles. The van der Waals surface area contributed by atoms with Gasteiger partial charge in [-0.05, 0) is 11.6 Å². The van der Waals surface area contributed by atoms with Gasteiger partial charge in [-0.25, -0.2) is 4.98 Å². The van der Waals surface area contributed by atoms with Crippen LogP contribution in [-0.4, -0.2) is 40.5 Å². The van der Waals surface area contributed by atoms with E-state index in [1.54, 1.807) is 0 Å². The monoisotopic (exact) mass is 455 g/mol. The molecule has 1 N–H and O–H groups in total.